The van der Waals surface area contributed by atoms with E-state index >= 15 is 0 Å². The molecule has 1 saturated heterocycles. The van der Waals surface area contributed by atoms with Crippen LogP contribution in [0.3, 0.4) is 0 Å². The first-order valence-electron chi connectivity index (χ1n) is 7.81. The molecule has 120 valence electrons. The number of allylic oxidation sites excluding steroid dienone is 5. The average molecular weight is 420 g/mol. The molecule has 1 heterocycles. The van der Waals surface area contributed by atoms with Gasteiger partial charge in [-0.25, -0.2) is 0 Å². The predicted octanol–water partition coefficient (Wildman–Crippen LogP) is 7.03. The summed E-state index contributed by atoms with van der Waals surface area (Å²) >= 11 is 6.77. The average Bonchev–Trinajstić information content (AvgIpc) is 2.99. The number of hydrogen-bond acceptors (Lipinski definition) is 1. The molecule has 21 heavy (non-hydrogen) atoms. The fourth-order valence-electron chi connectivity index (χ4n) is 2.51. The monoisotopic (exact) mass is 418 g/mol. The van der Waals surface area contributed by atoms with E-state index in [9.17, 15) is 0 Å². The third-order valence-electron chi connectivity index (χ3n) is 3.99. The minimum atomic E-state index is 0.114. The minimum absolute atomic E-state index is 0.114. The molecular formula is C18H28Br2O. The highest BCUT2D eigenvalue weighted by atomic mass is 79.9. The lowest BCUT2D eigenvalue weighted by Crippen LogP contribution is -2.09. The molecule has 1 aliphatic heterocycles. The van der Waals surface area contributed by atoms with Crippen LogP contribution < -0.4 is 0 Å². The van der Waals surface area contributed by atoms with Crippen molar-refractivity contribution in [2.45, 2.75) is 77.9 Å². The van der Waals surface area contributed by atoms with Gasteiger partial charge in [0.15, 0.2) is 0 Å². The Hall–Kier alpha value is 0.140. The van der Waals surface area contributed by atoms with E-state index < -0.39 is 0 Å². The fraction of sp³-hybridized carbons (Fsp3) is 0.667. The van der Waals surface area contributed by atoms with E-state index in [0.717, 1.165) is 35.5 Å². The van der Waals surface area contributed by atoms with Gasteiger partial charge in [0.25, 0.3) is 0 Å². The van der Waals surface area contributed by atoms with Crippen molar-refractivity contribution in [3.8, 4) is 0 Å². The Morgan fingerprint density at radius 3 is 2.38 bits per heavy atom. The van der Waals surface area contributed by atoms with Crippen LogP contribution in [0, 0.1) is 0 Å². The molecule has 0 aromatic heterocycles. The second-order valence-corrected chi connectivity index (χ2v) is 9.17. The van der Waals surface area contributed by atoms with Gasteiger partial charge < -0.3 is 4.74 Å². The first kappa shape index (κ1) is 19.2. The Kier molecular flexibility index (Phi) is 8.51. The second-order valence-electron chi connectivity index (χ2n) is 6.40. The quantitative estimate of drug-likeness (QED) is 0.288. The Balaban J connectivity index is 2.20. The van der Waals surface area contributed by atoms with Crippen molar-refractivity contribution in [1.82, 2.24) is 0 Å². The summed E-state index contributed by atoms with van der Waals surface area (Å²) < 4.78 is 6.92. The molecule has 0 aliphatic carbocycles. The summed E-state index contributed by atoms with van der Waals surface area (Å²) in [4.78, 5) is 0. The van der Waals surface area contributed by atoms with Crippen LogP contribution in [0.5, 0.6) is 0 Å². The molecule has 0 aromatic rings. The van der Waals surface area contributed by atoms with Crippen LogP contribution in [0.4, 0.5) is 0 Å². The minimum Gasteiger partial charge on any atom is -0.366 e. The second kappa shape index (κ2) is 9.32. The first-order valence-corrected chi connectivity index (χ1v) is 9.40. The van der Waals surface area contributed by atoms with Crippen molar-refractivity contribution >= 4 is 31.9 Å². The van der Waals surface area contributed by atoms with Gasteiger partial charge in [-0.05, 0) is 98.1 Å². The summed E-state index contributed by atoms with van der Waals surface area (Å²) in [5.74, 6) is 0. The van der Waals surface area contributed by atoms with Gasteiger partial charge in [-0.3, -0.25) is 0 Å². The van der Waals surface area contributed by atoms with E-state index in [-0.39, 0.29) is 5.60 Å². The summed E-state index contributed by atoms with van der Waals surface area (Å²) in [6.45, 7) is 8.81. The van der Waals surface area contributed by atoms with Gasteiger partial charge in [0.1, 0.15) is 0 Å². The molecule has 0 spiro atoms. The molecule has 0 amide bonds. The summed E-state index contributed by atoms with van der Waals surface area (Å²) in [6, 6.07) is 0. The van der Waals surface area contributed by atoms with Gasteiger partial charge in [0, 0.05) is 0 Å². The van der Waals surface area contributed by atoms with Crippen molar-refractivity contribution in [3.05, 3.63) is 32.8 Å². The lowest BCUT2D eigenvalue weighted by atomic mass is 9.97. The molecule has 1 aliphatic rings. The number of rotatable bonds is 9. The topological polar surface area (TPSA) is 12.5 Å². The van der Waals surface area contributed by atoms with Crippen molar-refractivity contribution in [3.63, 3.8) is 0 Å². The van der Waals surface area contributed by atoms with Gasteiger partial charge in [-0.1, -0.05) is 29.4 Å². The van der Waals surface area contributed by atoms with Crippen LogP contribution in [0.1, 0.15) is 66.2 Å². The number of halogens is 2. The highest BCUT2D eigenvalue weighted by molar-refractivity contribution is 9.28. The summed E-state index contributed by atoms with van der Waals surface area (Å²) in [5, 5.41) is 0. The normalized spacial score (nSPS) is 24.7. The molecule has 1 fully saturated rings. The zero-order valence-electron chi connectivity index (χ0n) is 13.7. The van der Waals surface area contributed by atoms with Crippen molar-refractivity contribution in [2.24, 2.45) is 0 Å². The molecule has 1 nitrogen and oxygen atoms in total. The van der Waals surface area contributed by atoms with Gasteiger partial charge in [-0.15, -0.1) is 0 Å². The zero-order valence-corrected chi connectivity index (χ0v) is 16.9. The number of epoxide rings is 1. The van der Waals surface area contributed by atoms with Crippen molar-refractivity contribution < 1.29 is 4.74 Å². The van der Waals surface area contributed by atoms with Crippen LogP contribution in [0.15, 0.2) is 32.8 Å². The van der Waals surface area contributed by atoms with E-state index in [1.807, 2.05) is 0 Å². The largest absolute Gasteiger partial charge is 0.366 e. The van der Waals surface area contributed by atoms with Crippen molar-refractivity contribution in [1.29, 1.82) is 0 Å². The van der Waals surface area contributed by atoms with E-state index in [1.165, 1.54) is 17.6 Å². The standard InChI is InChI=1S/C18H28Br2O/c1-14(2)8-5-9-15(3)10-7-13-18(4)16(21-18)11-6-12-17(19)20/h8,10,12,16H,5-7,9,11,13H2,1-4H3/b15-10+/t16-,18-/m1/s1. The Labute approximate surface area is 147 Å². The SMILES string of the molecule is CC(C)=CCC/C(C)=C/CC[C@@]1(C)O[C@@H]1CCC=C(Br)Br. The van der Waals surface area contributed by atoms with Gasteiger partial charge in [0.2, 0.25) is 0 Å². The highest BCUT2D eigenvalue weighted by Gasteiger charge is 2.50. The first-order chi connectivity index (χ1) is 9.83. The Morgan fingerprint density at radius 1 is 1.05 bits per heavy atom. The lowest BCUT2D eigenvalue weighted by Gasteiger charge is -2.05. The summed E-state index contributed by atoms with van der Waals surface area (Å²) in [7, 11) is 0. The van der Waals surface area contributed by atoms with Crippen LogP contribution in [0.2, 0.25) is 0 Å². The molecule has 3 heteroatoms. The van der Waals surface area contributed by atoms with Crippen LogP contribution in [0.25, 0.3) is 0 Å². The Morgan fingerprint density at radius 2 is 1.76 bits per heavy atom. The lowest BCUT2D eigenvalue weighted by molar-refractivity contribution is 0.295. The van der Waals surface area contributed by atoms with Crippen LogP contribution in [-0.2, 0) is 4.74 Å². The predicted molar refractivity (Wildman–Crippen MR) is 100 cm³/mol. The molecule has 0 saturated carbocycles. The van der Waals surface area contributed by atoms with Gasteiger partial charge in [0.05, 0.1) is 15.1 Å². The number of ether oxygens (including phenoxy) is 1. The highest BCUT2D eigenvalue weighted by Crippen LogP contribution is 2.43. The molecule has 0 radical (unpaired) electrons. The van der Waals surface area contributed by atoms with Crippen LogP contribution >= 0.6 is 31.9 Å². The summed E-state index contributed by atoms with van der Waals surface area (Å²) in [5.41, 5.74) is 3.02. The van der Waals surface area contributed by atoms with Gasteiger partial charge >= 0.3 is 0 Å². The van der Waals surface area contributed by atoms with E-state index in [0.29, 0.717) is 6.10 Å². The zero-order chi connectivity index (χ0) is 15.9. The molecule has 0 unspecified atom stereocenters. The van der Waals surface area contributed by atoms with E-state index in [4.69, 9.17) is 4.74 Å². The third-order valence-corrected chi connectivity index (χ3v) is 4.64. The molecular weight excluding hydrogens is 392 g/mol. The third kappa shape index (κ3) is 8.37. The van der Waals surface area contributed by atoms with Gasteiger partial charge in [-0.2, -0.15) is 0 Å². The van der Waals surface area contributed by atoms with Crippen molar-refractivity contribution in [2.75, 3.05) is 0 Å². The molecule has 0 aromatic carbocycles. The number of hydrogen-bond donors (Lipinski definition) is 0. The molecule has 1 rings (SSSR count). The van der Waals surface area contributed by atoms with E-state index in [2.05, 4.69) is 77.8 Å². The maximum absolute atomic E-state index is 5.88. The molecule has 2 atom stereocenters. The smallest absolute Gasteiger partial charge is 0.0923 e. The van der Waals surface area contributed by atoms with E-state index in [1.54, 1.807) is 0 Å². The molecule has 0 bridgehead atoms. The van der Waals surface area contributed by atoms with Crippen LogP contribution in [-0.4, -0.2) is 11.7 Å². The Bertz CT molecular complexity index is 415. The molecule has 0 N–H and O–H groups in total. The summed E-state index contributed by atoms with van der Waals surface area (Å²) in [6.07, 6.45) is 14.1. The maximum atomic E-state index is 5.88. The maximum Gasteiger partial charge on any atom is 0.0923 e. The fourth-order valence-corrected chi connectivity index (χ4v) is 2.97.